The molecule has 0 radical (unpaired) electrons. The summed E-state index contributed by atoms with van der Waals surface area (Å²) in [5, 5.41) is 20.1. The molecule has 0 saturated carbocycles. The molecule has 4 nitrogen and oxygen atoms in total. The fourth-order valence-corrected chi connectivity index (χ4v) is 3.07. The summed E-state index contributed by atoms with van der Waals surface area (Å²) in [6.45, 7) is 5.97. The van der Waals surface area contributed by atoms with Crippen LogP contribution in [0, 0.1) is 12.8 Å². The lowest BCUT2D eigenvalue weighted by Crippen LogP contribution is -2.47. The second-order valence-electron chi connectivity index (χ2n) is 6.33. The number of aryl methyl sites for hydroxylation is 1. The Morgan fingerprint density at radius 3 is 2.91 bits per heavy atom. The Hall–Kier alpha value is -0.810. The summed E-state index contributed by atoms with van der Waals surface area (Å²) < 4.78 is 5.65. The number of rotatable bonds is 6. The van der Waals surface area contributed by atoms with Gasteiger partial charge in [0.15, 0.2) is 0 Å². The molecule has 124 valence electrons. The van der Waals surface area contributed by atoms with Crippen molar-refractivity contribution in [2.24, 2.45) is 5.92 Å². The van der Waals surface area contributed by atoms with Gasteiger partial charge in [0, 0.05) is 25.7 Å². The number of ether oxygens (including phenoxy) is 1. The normalized spacial score (nSPS) is 24.2. The highest BCUT2D eigenvalue weighted by atomic mass is 35.5. The third-order valence-corrected chi connectivity index (χ3v) is 4.64. The molecule has 1 aliphatic rings. The van der Waals surface area contributed by atoms with Gasteiger partial charge in [-0.3, -0.25) is 4.90 Å². The number of aliphatic hydroxyl groups is 2. The van der Waals surface area contributed by atoms with E-state index in [0.29, 0.717) is 29.3 Å². The molecule has 0 aliphatic carbocycles. The van der Waals surface area contributed by atoms with Crippen LogP contribution in [-0.2, 0) is 0 Å². The Balaban J connectivity index is 1.84. The van der Waals surface area contributed by atoms with Gasteiger partial charge in [-0.25, -0.2) is 0 Å². The van der Waals surface area contributed by atoms with Gasteiger partial charge in [-0.1, -0.05) is 17.7 Å². The van der Waals surface area contributed by atoms with E-state index < -0.39 is 6.10 Å². The van der Waals surface area contributed by atoms with E-state index in [1.807, 2.05) is 19.1 Å². The summed E-state index contributed by atoms with van der Waals surface area (Å²) in [4.78, 5) is 2.23. The molecule has 5 heteroatoms. The van der Waals surface area contributed by atoms with Gasteiger partial charge in [0.05, 0.1) is 5.02 Å². The van der Waals surface area contributed by atoms with E-state index in [1.54, 1.807) is 6.07 Å². The molecule has 2 N–H and O–H groups in total. The molecule has 3 atom stereocenters. The van der Waals surface area contributed by atoms with Crippen molar-refractivity contribution >= 4 is 11.6 Å². The van der Waals surface area contributed by atoms with Crippen molar-refractivity contribution in [1.82, 2.24) is 4.90 Å². The molecule has 1 aromatic rings. The van der Waals surface area contributed by atoms with Crippen molar-refractivity contribution < 1.29 is 14.9 Å². The summed E-state index contributed by atoms with van der Waals surface area (Å²) in [7, 11) is 0. The van der Waals surface area contributed by atoms with Crippen LogP contribution in [0.2, 0.25) is 5.02 Å². The Morgan fingerprint density at radius 1 is 1.41 bits per heavy atom. The zero-order valence-corrected chi connectivity index (χ0v) is 14.1. The molecule has 0 spiro atoms. The molecule has 0 bridgehead atoms. The molecule has 2 rings (SSSR count). The van der Waals surface area contributed by atoms with Crippen LogP contribution in [0.1, 0.15) is 25.3 Å². The van der Waals surface area contributed by atoms with E-state index >= 15 is 0 Å². The predicted molar refractivity (Wildman–Crippen MR) is 88.5 cm³/mol. The Bertz CT molecular complexity index is 483. The number of aliphatic hydroxyl groups excluding tert-OH is 2. The van der Waals surface area contributed by atoms with Crippen molar-refractivity contribution in [3.8, 4) is 5.75 Å². The molecule has 22 heavy (non-hydrogen) atoms. The van der Waals surface area contributed by atoms with Crippen molar-refractivity contribution in [2.45, 2.75) is 38.8 Å². The number of β-amino-alcohol motifs (C(OH)–C–C–N with tert-alkyl or cyclic N) is 1. The number of benzene rings is 1. The second kappa shape index (κ2) is 8.16. The Kier molecular flexibility index (Phi) is 6.50. The number of halogens is 1. The van der Waals surface area contributed by atoms with Crippen LogP contribution in [0.5, 0.6) is 5.75 Å². The lowest BCUT2D eigenvalue weighted by Gasteiger charge is -2.38. The Labute approximate surface area is 137 Å². The molecule has 1 aliphatic heterocycles. The van der Waals surface area contributed by atoms with Crippen molar-refractivity contribution in [1.29, 1.82) is 0 Å². The summed E-state index contributed by atoms with van der Waals surface area (Å²) in [6, 6.07) is 6.04. The summed E-state index contributed by atoms with van der Waals surface area (Å²) in [5.41, 5.74) is 1.07. The van der Waals surface area contributed by atoms with Crippen LogP contribution in [0.15, 0.2) is 18.2 Å². The van der Waals surface area contributed by atoms with E-state index in [0.717, 1.165) is 24.9 Å². The lowest BCUT2D eigenvalue weighted by atomic mass is 9.94. The third-order valence-electron chi connectivity index (χ3n) is 4.33. The monoisotopic (exact) mass is 327 g/mol. The first-order valence-corrected chi connectivity index (χ1v) is 8.29. The van der Waals surface area contributed by atoms with Gasteiger partial charge in [0.1, 0.15) is 18.5 Å². The maximum absolute atomic E-state index is 10.2. The minimum absolute atomic E-state index is 0.217. The zero-order chi connectivity index (χ0) is 16.1. The van der Waals surface area contributed by atoms with Crippen LogP contribution in [0.3, 0.4) is 0 Å². The third kappa shape index (κ3) is 4.85. The van der Waals surface area contributed by atoms with Crippen LogP contribution in [0.4, 0.5) is 0 Å². The first kappa shape index (κ1) is 17.5. The van der Waals surface area contributed by atoms with Crippen molar-refractivity contribution in [2.75, 3.05) is 26.3 Å². The molecule has 0 unspecified atom stereocenters. The number of nitrogens with zero attached hydrogens (tertiary/aromatic N) is 1. The van der Waals surface area contributed by atoms with Gasteiger partial charge in [0.2, 0.25) is 0 Å². The highest BCUT2D eigenvalue weighted by Crippen LogP contribution is 2.26. The van der Waals surface area contributed by atoms with Crippen molar-refractivity contribution in [3.63, 3.8) is 0 Å². The average Bonchev–Trinajstić information content (AvgIpc) is 2.50. The molecule has 1 aromatic carbocycles. The fourth-order valence-electron chi connectivity index (χ4n) is 2.90. The summed E-state index contributed by atoms with van der Waals surface area (Å²) >= 11 is 6.09. The minimum atomic E-state index is -0.573. The molecular weight excluding hydrogens is 302 g/mol. The first-order valence-electron chi connectivity index (χ1n) is 7.91. The van der Waals surface area contributed by atoms with Crippen LogP contribution < -0.4 is 4.74 Å². The van der Waals surface area contributed by atoms with Gasteiger partial charge < -0.3 is 14.9 Å². The van der Waals surface area contributed by atoms with Gasteiger partial charge >= 0.3 is 0 Å². The highest BCUT2D eigenvalue weighted by molar-refractivity contribution is 6.32. The summed E-state index contributed by atoms with van der Waals surface area (Å²) in [6.07, 6.45) is 1.54. The molecule has 0 aromatic heterocycles. The fraction of sp³-hybridized carbons (Fsp3) is 0.647. The number of hydrogen-bond acceptors (Lipinski definition) is 4. The zero-order valence-electron chi connectivity index (χ0n) is 13.3. The largest absolute Gasteiger partial charge is 0.489 e. The quantitative estimate of drug-likeness (QED) is 0.843. The standard InChI is InChI=1S/C17H26ClNO3/c1-12-3-6-16(18)17(7-12)22-11-15(21)9-19-8-14(10-20)5-4-13(19)2/h3,6-7,13-15,20-21H,4-5,8-11H2,1-2H3/t13-,14-,15-/m1/s1. The maximum atomic E-state index is 10.2. The highest BCUT2D eigenvalue weighted by Gasteiger charge is 2.26. The van der Waals surface area contributed by atoms with E-state index in [4.69, 9.17) is 16.3 Å². The molecular formula is C17H26ClNO3. The number of likely N-dealkylation sites (tertiary alicyclic amines) is 1. The van der Waals surface area contributed by atoms with E-state index in [1.165, 1.54) is 0 Å². The molecule has 1 heterocycles. The SMILES string of the molecule is Cc1ccc(Cl)c(OC[C@H](O)CN2C[C@H](CO)CC[C@H]2C)c1. The smallest absolute Gasteiger partial charge is 0.138 e. The second-order valence-corrected chi connectivity index (χ2v) is 6.73. The van der Waals surface area contributed by atoms with E-state index in [2.05, 4.69) is 11.8 Å². The average molecular weight is 328 g/mol. The minimum Gasteiger partial charge on any atom is -0.489 e. The Morgan fingerprint density at radius 2 is 2.18 bits per heavy atom. The van der Waals surface area contributed by atoms with E-state index in [-0.39, 0.29) is 13.2 Å². The summed E-state index contributed by atoms with van der Waals surface area (Å²) in [5.74, 6) is 0.927. The molecule has 0 amide bonds. The lowest BCUT2D eigenvalue weighted by molar-refractivity contribution is 0.0210. The van der Waals surface area contributed by atoms with Gasteiger partial charge in [-0.15, -0.1) is 0 Å². The van der Waals surface area contributed by atoms with Gasteiger partial charge in [-0.05, 0) is 50.3 Å². The maximum Gasteiger partial charge on any atom is 0.138 e. The molecule has 1 fully saturated rings. The van der Waals surface area contributed by atoms with Gasteiger partial charge in [-0.2, -0.15) is 0 Å². The first-order chi connectivity index (χ1) is 10.5. The van der Waals surface area contributed by atoms with Crippen LogP contribution >= 0.6 is 11.6 Å². The van der Waals surface area contributed by atoms with Gasteiger partial charge in [0.25, 0.3) is 0 Å². The number of hydrogen-bond donors (Lipinski definition) is 2. The van der Waals surface area contributed by atoms with Crippen LogP contribution in [0.25, 0.3) is 0 Å². The predicted octanol–water partition coefficient (Wildman–Crippen LogP) is 2.48. The molecule has 1 saturated heterocycles. The van der Waals surface area contributed by atoms with Crippen LogP contribution in [-0.4, -0.2) is 53.6 Å². The topological polar surface area (TPSA) is 52.9 Å². The number of piperidine rings is 1. The van der Waals surface area contributed by atoms with E-state index in [9.17, 15) is 10.2 Å². The van der Waals surface area contributed by atoms with Crippen molar-refractivity contribution in [3.05, 3.63) is 28.8 Å².